The number of hydrogen-bond acceptors (Lipinski definition) is 3. The van der Waals surface area contributed by atoms with Crippen LogP contribution in [0.3, 0.4) is 0 Å². The van der Waals surface area contributed by atoms with Crippen molar-refractivity contribution in [2.75, 3.05) is 32.6 Å². The first-order valence-electron chi connectivity index (χ1n) is 5.13. The monoisotopic (exact) mass is 442 g/mol. The molecule has 0 saturated heterocycles. The van der Waals surface area contributed by atoms with Crippen LogP contribution >= 0.6 is 47.8 Å². The second-order valence-corrected chi connectivity index (χ2v) is 6.43. The molecule has 0 bridgehead atoms. The zero-order valence-electron chi connectivity index (χ0n) is 9.97. The van der Waals surface area contributed by atoms with Crippen molar-refractivity contribution in [1.29, 1.82) is 0 Å². The standard InChI is InChI=1S/C11H13Br3N2O2/c1-16(2)3-4-18-11(17)15-10-8(13)5-7(12)6-9(10)14/h5-6H,3-4H2,1-2H3,(H,15,17). The molecule has 0 fully saturated rings. The van der Waals surface area contributed by atoms with Crippen molar-refractivity contribution < 1.29 is 9.53 Å². The van der Waals surface area contributed by atoms with Crippen LogP contribution in [0.25, 0.3) is 0 Å². The van der Waals surface area contributed by atoms with E-state index in [0.29, 0.717) is 18.8 Å². The van der Waals surface area contributed by atoms with Crippen LogP contribution in [-0.2, 0) is 4.74 Å². The van der Waals surface area contributed by atoms with Gasteiger partial charge in [-0.15, -0.1) is 0 Å². The highest BCUT2D eigenvalue weighted by Crippen LogP contribution is 2.34. The van der Waals surface area contributed by atoms with Crippen LogP contribution in [0.2, 0.25) is 0 Å². The van der Waals surface area contributed by atoms with E-state index in [-0.39, 0.29) is 0 Å². The highest BCUT2D eigenvalue weighted by molar-refractivity contribution is 9.11. The molecule has 1 rings (SSSR count). The quantitative estimate of drug-likeness (QED) is 0.760. The molecule has 1 aromatic rings. The summed E-state index contributed by atoms with van der Waals surface area (Å²) in [6, 6.07) is 3.69. The first-order valence-corrected chi connectivity index (χ1v) is 7.51. The molecule has 18 heavy (non-hydrogen) atoms. The number of ether oxygens (including phenoxy) is 1. The van der Waals surface area contributed by atoms with Crippen molar-refractivity contribution in [2.45, 2.75) is 0 Å². The zero-order valence-corrected chi connectivity index (χ0v) is 14.7. The Hall–Kier alpha value is -0.110. The lowest BCUT2D eigenvalue weighted by Crippen LogP contribution is -2.22. The number of nitrogens with one attached hydrogen (secondary N) is 1. The van der Waals surface area contributed by atoms with Crippen molar-refractivity contribution in [2.24, 2.45) is 0 Å². The van der Waals surface area contributed by atoms with Crippen LogP contribution in [0.4, 0.5) is 10.5 Å². The number of halogens is 3. The minimum Gasteiger partial charge on any atom is -0.448 e. The van der Waals surface area contributed by atoms with Crippen molar-refractivity contribution in [3.63, 3.8) is 0 Å². The molecule has 7 heteroatoms. The molecule has 0 radical (unpaired) electrons. The average Bonchev–Trinajstić information content (AvgIpc) is 2.22. The molecule has 0 saturated carbocycles. The number of anilines is 1. The summed E-state index contributed by atoms with van der Waals surface area (Å²) in [4.78, 5) is 13.5. The molecule has 0 unspecified atom stereocenters. The number of amides is 1. The van der Waals surface area contributed by atoms with Gasteiger partial charge in [0, 0.05) is 20.0 Å². The summed E-state index contributed by atoms with van der Waals surface area (Å²) in [5, 5.41) is 2.69. The first kappa shape index (κ1) is 15.9. The van der Waals surface area contributed by atoms with Gasteiger partial charge in [-0.1, -0.05) is 15.9 Å². The Labute approximate surface area is 131 Å². The normalized spacial score (nSPS) is 10.6. The zero-order chi connectivity index (χ0) is 13.7. The number of carbonyl (C=O) groups is 1. The lowest BCUT2D eigenvalue weighted by Gasteiger charge is -2.12. The van der Waals surface area contributed by atoms with Crippen LogP contribution in [0, 0.1) is 0 Å². The number of nitrogens with zero attached hydrogens (tertiary/aromatic N) is 1. The summed E-state index contributed by atoms with van der Waals surface area (Å²) >= 11 is 10.1. The molecular weight excluding hydrogens is 432 g/mol. The fourth-order valence-electron chi connectivity index (χ4n) is 1.12. The third-order valence-electron chi connectivity index (χ3n) is 2.01. The molecule has 1 N–H and O–H groups in total. The van der Waals surface area contributed by atoms with E-state index in [1.165, 1.54) is 0 Å². The Balaban J connectivity index is 2.59. The summed E-state index contributed by atoms with van der Waals surface area (Å²) in [6.45, 7) is 1.04. The molecule has 0 aliphatic rings. The van der Waals surface area contributed by atoms with Crippen molar-refractivity contribution in [3.8, 4) is 0 Å². The maximum Gasteiger partial charge on any atom is 0.411 e. The van der Waals surface area contributed by atoms with Gasteiger partial charge < -0.3 is 9.64 Å². The van der Waals surface area contributed by atoms with E-state index in [4.69, 9.17) is 4.74 Å². The number of hydrogen-bond donors (Lipinski definition) is 1. The predicted molar refractivity (Wildman–Crippen MR) is 83.1 cm³/mol. The molecular formula is C11H13Br3N2O2. The number of rotatable bonds is 4. The van der Waals surface area contributed by atoms with Gasteiger partial charge in [0.15, 0.2) is 0 Å². The van der Waals surface area contributed by atoms with Gasteiger partial charge in [-0.25, -0.2) is 4.79 Å². The molecule has 1 aromatic carbocycles. The second kappa shape index (κ2) is 7.47. The Morgan fingerprint density at radius 3 is 2.33 bits per heavy atom. The van der Waals surface area contributed by atoms with Gasteiger partial charge in [0.05, 0.1) is 5.69 Å². The fourth-order valence-corrected chi connectivity index (χ4v) is 3.58. The Morgan fingerprint density at radius 2 is 1.83 bits per heavy atom. The Bertz CT molecular complexity index is 415. The van der Waals surface area contributed by atoms with Crippen molar-refractivity contribution in [3.05, 3.63) is 25.6 Å². The number of likely N-dealkylation sites (N-methyl/N-ethyl adjacent to an activating group) is 1. The van der Waals surface area contributed by atoms with Crippen LogP contribution in [0.15, 0.2) is 25.6 Å². The maximum atomic E-state index is 11.6. The third kappa shape index (κ3) is 5.26. The van der Waals surface area contributed by atoms with Gasteiger partial charge in [0.2, 0.25) is 0 Å². The van der Waals surface area contributed by atoms with Crippen LogP contribution in [0.5, 0.6) is 0 Å². The van der Waals surface area contributed by atoms with Gasteiger partial charge in [0.25, 0.3) is 0 Å². The van der Waals surface area contributed by atoms with E-state index < -0.39 is 6.09 Å². The van der Waals surface area contributed by atoms with Crippen molar-refractivity contribution in [1.82, 2.24) is 4.90 Å². The third-order valence-corrected chi connectivity index (χ3v) is 3.71. The SMILES string of the molecule is CN(C)CCOC(=O)Nc1c(Br)cc(Br)cc1Br. The number of benzene rings is 1. The second-order valence-electron chi connectivity index (χ2n) is 3.81. The first-order chi connectivity index (χ1) is 8.40. The Morgan fingerprint density at radius 1 is 1.28 bits per heavy atom. The minimum atomic E-state index is -0.472. The molecule has 0 aliphatic heterocycles. The largest absolute Gasteiger partial charge is 0.448 e. The molecule has 0 spiro atoms. The minimum absolute atomic E-state index is 0.352. The summed E-state index contributed by atoms with van der Waals surface area (Å²) in [5.74, 6) is 0. The van der Waals surface area contributed by atoms with Crippen LogP contribution in [0.1, 0.15) is 0 Å². The molecule has 1 amide bonds. The molecule has 4 nitrogen and oxygen atoms in total. The maximum absolute atomic E-state index is 11.6. The lowest BCUT2D eigenvalue weighted by atomic mass is 10.3. The van der Waals surface area contributed by atoms with E-state index in [0.717, 1.165) is 13.4 Å². The van der Waals surface area contributed by atoms with Gasteiger partial charge in [-0.05, 0) is 58.1 Å². The molecule has 0 aromatic heterocycles. The smallest absolute Gasteiger partial charge is 0.411 e. The average molecular weight is 445 g/mol. The molecule has 100 valence electrons. The van der Waals surface area contributed by atoms with E-state index in [1.807, 2.05) is 31.1 Å². The summed E-state index contributed by atoms with van der Waals surface area (Å²) in [6.07, 6.45) is -0.472. The highest BCUT2D eigenvalue weighted by Gasteiger charge is 2.11. The van der Waals surface area contributed by atoms with E-state index >= 15 is 0 Å². The molecule has 0 atom stereocenters. The van der Waals surface area contributed by atoms with Crippen LogP contribution < -0.4 is 5.32 Å². The van der Waals surface area contributed by atoms with Gasteiger partial charge in [-0.3, -0.25) is 5.32 Å². The van der Waals surface area contributed by atoms with Crippen LogP contribution in [-0.4, -0.2) is 38.2 Å². The van der Waals surface area contributed by atoms with E-state index in [9.17, 15) is 4.79 Å². The van der Waals surface area contributed by atoms with Crippen molar-refractivity contribution >= 4 is 59.6 Å². The van der Waals surface area contributed by atoms with Gasteiger partial charge in [0.1, 0.15) is 6.61 Å². The lowest BCUT2D eigenvalue weighted by molar-refractivity contribution is 0.151. The van der Waals surface area contributed by atoms with E-state index in [2.05, 4.69) is 53.1 Å². The number of carbonyl (C=O) groups excluding carboxylic acids is 1. The summed E-state index contributed by atoms with van der Waals surface area (Å²) < 4.78 is 7.51. The Kier molecular flexibility index (Phi) is 6.62. The topological polar surface area (TPSA) is 41.6 Å². The molecule has 0 heterocycles. The highest BCUT2D eigenvalue weighted by atomic mass is 79.9. The van der Waals surface area contributed by atoms with Gasteiger partial charge in [-0.2, -0.15) is 0 Å². The van der Waals surface area contributed by atoms with Gasteiger partial charge >= 0.3 is 6.09 Å². The molecule has 0 aliphatic carbocycles. The van der Waals surface area contributed by atoms with E-state index in [1.54, 1.807) is 0 Å². The summed E-state index contributed by atoms with van der Waals surface area (Å²) in [5.41, 5.74) is 0.646. The summed E-state index contributed by atoms with van der Waals surface area (Å²) in [7, 11) is 3.84. The predicted octanol–water partition coefficient (Wildman–Crippen LogP) is 4.08. The fraction of sp³-hybridized carbons (Fsp3) is 0.364.